The molecule has 5 nitrogen and oxygen atoms in total. The summed E-state index contributed by atoms with van der Waals surface area (Å²) in [7, 11) is 0. The molecule has 0 spiro atoms. The average molecular weight is 339 g/mol. The van der Waals surface area contributed by atoms with Crippen molar-refractivity contribution in [3.8, 4) is 11.4 Å². The van der Waals surface area contributed by atoms with E-state index in [0.29, 0.717) is 18.3 Å². The van der Waals surface area contributed by atoms with Crippen LogP contribution in [0.15, 0.2) is 46.3 Å². The minimum Gasteiger partial charge on any atom is -0.339 e. The van der Waals surface area contributed by atoms with Crippen molar-refractivity contribution in [2.75, 3.05) is 13.1 Å². The van der Waals surface area contributed by atoms with E-state index in [0.717, 1.165) is 29.0 Å². The fourth-order valence-corrected chi connectivity index (χ4v) is 3.88. The second kappa shape index (κ2) is 6.20. The van der Waals surface area contributed by atoms with E-state index in [9.17, 15) is 4.79 Å². The third-order valence-corrected chi connectivity index (χ3v) is 5.36. The third kappa shape index (κ3) is 2.73. The van der Waals surface area contributed by atoms with E-state index in [1.807, 2.05) is 53.6 Å². The Morgan fingerprint density at radius 3 is 2.88 bits per heavy atom. The molecule has 0 aliphatic carbocycles. The van der Waals surface area contributed by atoms with Gasteiger partial charge in [-0.25, -0.2) is 0 Å². The number of rotatable bonds is 3. The normalized spacial score (nSPS) is 17.4. The van der Waals surface area contributed by atoms with Gasteiger partial charge in [-0.1, -0.05) is 35.5 Å². The van der Waals surface area contributed by atoms with Gasteiger partial charge in [0.1, 0.15) is 0 Å². The van der Waals surface area contributed by atoms with Crippen LogP contribution in [0.4, 0.5) is 0 Å². The molecular weight excluding hydrogens is 322 g/mol. The molecule has 1 amide bonds. The first-order valence-electron chi connectivity index (χ1n) is 7.95. The highest BCUT2D eigenvalue weighted by atomic mass is 32.1. The molecule has 2 aromatic heterocycles. The van der Waals surface area contributed by atoms with E-state index in [1.54, 1.807) is 0 Å². The molecule has 0 bridgehead atoms. The van der Waals surface area contributed by atoms with Crippen LogP contribution in [0.2, 0.25) is 0 Å². The van der Waals surface area contributed by atoms with Gasteiger partial charge in [0.25, 0.3) is 5.91 Å². The molecule has 1 aliphatic rings. The molecule has 0 N–H and O–H groups in total. The quantitative estimate of drug-likeness (QED) is 0.729. The molecule has 0 saturated carbocycles. The van der Waals surface area contributed by atoms with Gasteiger partial charge in [0, 0.05) is 18.7 Å². The number of hydrogen-bond acceptors (Lipinski definition) is 5. The molecule has 3 aromatic rings. The molecule has 3 heterocycles. The number of carbonyl (C=O) groups excluding carboxylic acids is 1. The lowest BCUT2D eigenvalue weighted by atomic mass is 10.1. The Morgan fingerprint density at radius 1 is 1.29 bits per heavy atom. The lowest BCUT2D eigenvalue weighted by Crippen LogP contribution is -2.28. The first-order valence-corrected chi connectivity index (χ1v) is 8.83. The van der Waals surface area contributed by atoms with E-state index >= 15 is 0 Å². The van der Waals surface area contributed by atoms with Gasteiger partial charge in [-0.3, -0.25) is 4.79 Å². The maximum Gasteiger partial charge on any atom is 0.264 e. The van der Waals surface area contributed by atoms with Crippen molar-refractivity contribution >= 4 is 17.2 Å². The van der Waals surface area contributed by atoms with Crippen molar-refractivity contribution in [1.82, 2.24) is 15.0 Å². The Morgan fingerprint density at radius 2 is 2.12 bits per heavy atom. The average Bonchev–Trinajstić information content (AvgIpc) is 3.35. The van der Waals surface area contributed by atoms with Gasteiger partial charge in [-0.05, 0) is 30.4 Å². The van der Waals surface area contributed by atoms with Crippen LogP contribution >= 0.6 is 11.3 Å². The van der Waals surface area contributed by atoms with E-state index in [4.69, 9.17) is 4.52 Å². The molecule has 1 aliphatic heterocycles. The first kappa shape index (κ1) is 15.1. The SMILES string of the molecule is Cc1ccsc1C(=O)N1CC[C@H](c2nc(-c3ccccc3)no2)C1. The standard InChI is InChI=1S/C18H17N3O2S/c1-12-8-10-24-15(12)18(22)21-9-7-14(11-21)17-19-16(20-23-17)13-5-3-2-4-6-13/h2-6,8,10,14H,7,9,11H2,1H3/t14-/m0/s1. The van der Waals surface area contributed by atoms with Crippen molar-refractivity contribution in [2.45, 2.75) is 19.3 Å². The zero-order valence-electron chi connectivity index (χ0n) is 13.3. The lowest BCUT2D eigenvalue weighted by Gasteiger charge is -2.15. The summed E-state index contributed by atoms with van der Waals surface area (Å²) in [6.45, 7) is 3.33. The summed E-state index contributed by atoms with van der Waals surface area (Å²) in [5, 5.41) is 6.04. The summed E-state index contributed by atoms with van der Waals surface area (Å²) >= 11 is 1.50. The van der Waals surface area contributed by atoms with Crippen LogP contribution in [0, 0.1) is 6.92 Å². The van der Waals surface area contributed by atoms with Crippen LogP contribution in [0.5, 0.6) is 0 Å². The zero-order valence-corrected chi connectivity index (χ0v) is 14.1. The van der Waals surface area contributed by atoms with E-state index in [-0.39, 0.29) is 11.8 Å². The van der Waals surface area contributed by atoms with E-state index in [2.05, 4.69) is 10.1 Å². The highest BCUT2D eigenvalue weighted by Gasteiger charge is 2.32. The summed E-state index contributed by atoms with van der Waals surface area (Å²) in [4.78, 5) is 19.8. The monoisotopic (exact) mass is 339 g/mol. The molecule has 122 valence electrons. The Labute approximate surface area is 143 Å². The predicted octanol–water partition coefficient (Wildman–Crippen LogP) is 3.74. The van der Waals surface area contributed by atoms with Gasteiger partial charge >= 0.3 is 0 Å². The topological polar surface area (TPSA) is 59.2 Å². The lowest BCUT2D eigenvalue weighted by molar-refractivity contribution is 0.0793. The third-order valence-electron chi connectivity index (χ3n) is 4.35. The van der Waals surface area contributed by atoms with Crippen molar-refractivity contribution in [3.05, 3.63) is 58.1 Å². The highest BCUT2D eigenvalue weighted by molar-refractivity contribution is 7.12. The van der Waals surface area contributed by atoms with Crippen LogP contribution in [0.1, 0.15) is 33.5 Å². The summed E-state index contributed by atoms with van der Waals surface area (Å²) in [5.41, 5.74) is 1.98. The molecule has 1 fully saturated rings. The maximum absolute atomic E-state index is 12.6. The number of nitrogens with zero attached hydrogens (tertiary/aromatic N) is 3. The number of thiophene rings is 1. The summed E-state index contributed by atoms with van der Waals surface area (Å²) < 4.78 is 5.45. The summed E-state index contributed by atoms with van der Waals surface area (Å²) in [6, 6.07) is 11.7. The molecule has 1 atom stereocenters. The van der Waals surface area contributed by atoms with Crippen LogP contribution in [0.25, 0.3) is 11.4 Å². The van der Waals surface area contributed by atoms with Gasteiger partial charge in [0.2, 0.25) is 11.7 Å². The van der Waals surface area contributed by atoms with Crippen molar-refractivity contribution < 1.29 is 9.32 Å². The predicted molar refractivity (Wildman–Crippen MR) is 92.1 cm³/mol. The minimum atomic E-state index is 0.104. The second-order valence-corrected chi connectivity index (χ2v) is 6.91. The number of aromatic nitrogens is 2. The summed E-state index contributed by atoms with van der Waals surface area (Å²) in [6.07, 6.45) is 0.854. The van der Waals surface area contributed by atoms with Gasteiger partial charge in [-0.15, -0.1) is 11.3 Å². The highest BCUT2D eigenvalue weighted by Crippen LogP contribution is 2.30. The largest absolute Gasteiger partial charge is 0.339 e. The Balaban J connectivity index is 1.49. The van der Waals surface area contributed by atoms with Crippen molar-refractivity contribution in [3.63, 3.8) is 0 Å². The molecule has 4 rings (SSSR count). The first-order chi connectivity index (χ1) is 11.7. The van der Waals surface area contributed by atoms with Gasteiger partial charge < -0.3 is 9.42 Å². The fraction of sp³-hybridized carbons (Fsp3) is 0.278. The molecular formula is C18H17N3O2S. The number of hydrogen-bond donors (Lipinski definition) is 0. The van der Waals surface area contributed by atoms with Crippen molar-refractivity contribution in [1.29, 1.82) is 0 Å². The Hall–Kier alpha value is -2.47. The summed E-state index contributed by atoms with van der Waals surface area (Å²) in [5.74, 6) is 1.43. The number of amides is 1. The molecule has 0 unspecified atom stereocenters. The Bertz CT molecular complexity index is 856. The van der Waals surface area contributed by atoms with Gasteiger partial charge in [-0.2, -0.15) is 4.98 Å². The minimum absolute atomic E-state index is 0.104. The Kier molecular flexibility index (Phi) is 3.90. The molecule has 1 aromatic carbocycles. The number of aryl methyl sites for hydroxylation is 1. The van der Waals surface area contributed by atoms with E-state index in [1.165, 1.54) is 11.3 Å². The van der Waals surface area contributed by atoms with Crippen molar-refractivity contribution in [2.24, 2.45) is 0 Å². The molecule has 0 radical (unpaired) electrons. The number of benzene rings is 1. The van der Waals surface area contributed by atoms with Crippen LogP contribution in [-0.4, -0.2) is 34.0 Å². The van der Waals surface area contributed by atoms with Crippen LogP contribution in [-0.2, 0) is 0 Å². The van der Waals surface area contributed by atoms with Gasteiger partial charge in [0.15, 0.2) is 0 Å². The van der Waals surface area contributed by atoms with Crippen LogP contribution < -0.4 is 0 Å². The van der Waals surface area contributed by atoms with E-state index < -0.39 is 0 Å². The zero-order chi connectivity index (χ0) is 16.5. The smallest absolute Gasteiger partial charge is 0.264 e. The molecule has 6 heteroatoms. The second-order valence-electron chi connectivity index (χ2n) is 5.99. The van der Waals surface area contributed by atoms with Crippen LogP contribution in [0.3, 0.4) is 0 Å². The maximum atomic E-state index is 12.6. The number of likely N-dealkylation sites (tertiary alicyclic amines) is 1. The van der Waals surface area contributed by atoms with Gasteiger partial charge in [0.05, 0.1) is 10.8 Å². The number of carbonyl (C=O) groups is 1. The molecule has 24 heavy (non-hydrogen) atoms. The molecule has 1 saturated heterocycles. The fourth-order valence-electron chi connectivity index (χ4n) is 2.99.